The number of quaternary nitrogens is 1. The average molecular weight is 425 g/mol. The maximum Gasteiger partial charge on any atom is 0.309 e. The van der Waals surface area contributed by atoms with E-state index in [0.29, 0.717) is 13.1 Å². The van der Waals surface area contributed by atoms with Crippen molar-refractivity contribution in [2.75, 3.05) is 63.2 Å². The smallest absolute Gasteiger partial charge is 0.309 e. The summed E-state index contributed by atoms with van der Waals surface area (Å²) in [5.74, 6) is -1.15. The van der Waals surface area contributed by atoms with Gasteiger partial charge in [0.15, 0.2) is 0 Å². The van der Waals surface area contributed by atoms with E-state index in [9.17, 15) is 9.59 Å². The number of nitrogens with one attached hydrogen (secondary N) is 3. The van der Waals surface area contributed by atoms with Crippen molar-refractivity contribution in [3.8, 4) is 0 Å². The van der Waals surface area contributed by atoms with Crippen LogP contribution in [-0.4, -0.2) is 65.2 Å². The van der Waals surface area contributed by atoms with E-state index >= 15 is 0 Å². The summed E-state index contributed by atoms with van der Waals surface area (Å²) in [6, 6.07) is 19.0. The number of anilines is 2. The quantitative estimate of drug-likeness (QED) is 0.565. The van der Waals surface area contributed by atoms with Gasteiger partial charge in [-0.05, 0) is 31.2 Å². The Morgan fingerprint density at radius 2 is 1.58 bits per heavy atom. The van der Waals surface area contributed by atoms with E-state index in [-0.39, 0.29) is 6.04 Å². The lowest BCUT2D eigenvalue weighted by atomic mass is 10.0. The topological polar surface area (TPSA) is 69.1 Å². The zero-order chi connectivity index (χ0) is 22.2. The van der Waals surface area contributed by atoms with Crippen LogP contribution in [0.3, 0.4) is 0 Å². The Balaban J connectivity index is 1.71. The van der Waals surface area contributed by atoms with Crippen molar-refractivity contribution in [1.82, 2.24) is 10.6 Å². The number of piperazine rings is 1. The molecule has 0 aliphatic carbocycles. The van der Waals surface area contributed by atoms with Crippen LogP contribution in [0.15, 0.2) is 54.6 Å². The predicted octanol–water partition coefficient (Wildman–Crippen LogP) is 0.451. The molecule has 1 heterocycles. The molecule has 7 heteroatoms. The van der Waals surface area contributed by atoms with Crippen LogP contribution in [-0.2, 0) is 9.59 Å². The van der Waals surface area contributed by atoms with E-state index in [0.717, 1.165) is 31.9 Å². The molecule has 1 aliphatic rings. The predicted molar refractivity (Wildman–Crippen MR) is 125 cm³/mol. The normalized spacial score (nSPS) is 15.3. The zero-order valence-corrected chi connectivity index (χ0v) is 18.7. The van der Waals surface area contributed by atoms with Gasteiger partial charge in [0.25, 0.3) is 0 Å². The lowest BCUT2D eigenvalue weighted by Gasteiger charge is -2.38. The second kappa shape index (κ2) is 10.8. The summed E-state index contributed by atoms with van der Waals surface area (Å²) in [7, 11) is 4.04. The summed E-state index contributed by atoms with van der Waals surface area (Å²) in [5.41, 5.74) is 3.56. The summed E-state index contributed by atoms with van der Waals surface area (Å²) < 4.78 is 0. The fraction of sp³-hybridized carbons (Fsp3) is 0.417. The first kappa shape index (κ1) is 22.6. The number of hydrogen-bond acceptors (Lipinski definition) is 4. The molecule has 166 valence electrons. The maximum atomic E-state index is 12.2. The molecule has 2 aromatic rings. The van der Waals surface area contributed by atoms with Crippen molar-refractivity contribution in [3.05, 3.63) is 60.2 Å². The number of carbonyl (C=O) groups excluding carboxylic acids is 2. The number of hydrogen-bond donors (Lipinski definition) is 3. The fourth-order valence-electron chi connectivity index (χ4n) is 4.06. The Hall–Kier alpha value is -3.06. The summed E-state index contributed by atoms with van der Waals surface area (Å²) in [6.45, 7) is 6.51. The first-order valence-corrected chi connectivity index (χ1v) is 11.0. The van der Waals surface area contributed by atoms with Gasteiger partial charge in [0, 0.05) is 37.6 Å². The van der Waals surface area contributed by atoms with Gasteiger partial charge < -0.3 is 25.3 Å². The molecule has 1 atom stereocenters. The minimum atomic E-state index is -0.576. The average Bonchev–Trinajstić information content (AvgIpc) is 2.80. The van der Waals surface area contributed by atoms with E-state index in [1.807, 2.05) is 20.2 Å². The van der Waals surface area contributed by atoms with Crippen LogP contribution >= 0.6 is 0 Å². The molecule has 1 saturated heterocycles. The van der Waals surface area contributed by atoms with E-state index in [2.05, 4.69) is 69.0 Å². The van der Waals surface area contributed by atoms with Gasteiger partial charge in [0.1, 0.15) is 6.04 Å². The van der Waals surface area contributed by atoms with Crippen molar-refractivity contribution >= 4 is 23.2 Å². The van der Waals surface area contributed by atoms with Gasteiger partial charge in [-0.25, -0.2) is 0 Å². The maximum absolute atomic E-state index is 12.2. The molecule has 0 bridgehead atoms. The van der Waals surface area contributed by atoms with Crippen LogP contribution in [0.4, 0.5) is 11.4 Å². The molecule has 0 saturated carbocycles. The van der Waals surface area contributed by atoms with E-state index in [1.165, 1.54) is 16.2 Å². The first-order valence-electron chi connectivity index (χ1n) is 11.0. The third-order valence-corrected chi connectivity index (χ3v) is 5.84. The second-order valence-corrected chi connectivity index (χ2v) is 8.09. The lowest BCUT2D eigenvalue weighted by Crippen LogP contribution is -3.15. The highest BCUT2D eigenvalue weighted by atomic mass is 16.2. The Labute approximate surface area is 185 Å². The highest BCUT2D eigenvalue weighted by Gasteiger charge is 2.30. The highest BCUT2D eigenvalue weighted by molar-refractivity contribution is 6.35. The summed E-state index contributed by atoms with van der Waals surface area (Å²) in [5, 5.41) is 5.41. The van der Waals surface area contributed by atoms with Crippen molar-refractivity contribution in [1.29, 1.82) is 0 Å². The SMILES string of the molecule is CCNC(=O)C(=O)NC[C@H](c1ccc(N(C)C)cc1)[NH+]1CCN(c2ccccc2)CC1. The fourth-order valence-corrected chi connectivity index (χ4v) is 4.06. The van der Waals surface area contributed by atoms with Crippen LogP contribution in [0.25, 0.3) is 0 Å². The summed E-state index contributed by atoms with van der Waals surface area (Å²) in [6.07, 6.45) is 0. The number of para-hydroxylation sites is 1. The second-order valence-electron chi connectivity index (χ2n) is 8.09. The zero-order valence-electron chi connectivity index (χ0n) is 18.7. The van der Waals surface area contributed by atoms with Crippen molar-refractivity contribution in [2.45, 2.75) is 13.0 Å². The Morgan fingerprint density at radius 3 is 2.16 bits per heavy atom. The lowest BCUT2D eigenvalue weighted by molar-refractivity contribution is -0.931. The Bertz CT molecular complexity index is 846. The summed E-state index contributed by atoms with van der Waals surface area (Å²) >= 11 is 0. The molecule has 2 aromatic carbocycles. The first-order chi connectivity index (χ1) is 15.0. The number of likely N-dealkylation sites (N-methyl/N-ethyl adjacent to an activating group) is 1. The van der Waals surface area contributed by atoms with Gasteiger partial charge >= 0.3 is 11.8 Å². The van der Waals surface area contributed by atoms with Crippen LogP contribution in [0.5, 0.6) is 0 Å². The molecule has 2 amide bonds. The molecule has 0 aromatic heterocycles. The minimum Gasteiger partial charge on any atom is -0.378 e. The number of benzene rings is 2. The molecule has 0 radical (unpaired) electrons. The number of amides is 2. The number of nitrogens with zero attached hydrogens (tertiary/aromatic N) is 2. The van der Waals surface area contributed by atoms with Gasteiger partial charge in [0.2, 0.25) is 0 Å². The Morgan fingerprint density at radius 1 is 0.968 bits per heavy atom. The van der Waals surface area contributed by atoms with Crippen LogP contribution < -0.4 is 25.3 Å². The van der Waals surface area contributed by atoms with Gasteiger partial charge in [0.05, 0.1) is 32.7 Å². The highest BCUT2D eigenvalue weighted by Crippen LogP contribution is 2.17. The molecular formula is C24H34N5O2+. The van der Waals surface area contributed by atoms with Gasteiger partial charge in [-0.3, -0.25) is 9.59 Å². The van der Waals surface area contributed by atoms with E-state index in [4.69, 9.17) is 0 Å². The van der Waals surface area contributed by atoms with Gasteiger partial charge in [-0.2, -0.15) is 0 Å². The molecule has 1 aliphatic heterocycles. The molecule has 3 rings (SSSR count). The molecule has 7 nitrogen and oxygen atoms in total. The van der Waals surface area contributed by atoms with E-state index in [1.54, 1.807) is 6.92 Å². The third kappa shape index (κ3) is 5.98. The molecule has 1 fully saturated rings. The van der Waals surface area contributed by atoms with Crippen molar-refractivity contribution < 1.29 is 14.5 Å². The third-order valence-electron chi connectivity index (χ3n) is 5.84. The number of carbonyl (C=O) groups is 2. The van der Waals surface area contributed by atoms with Gasteiger partial charge in [-0.1, -0.05) is 30.3 Å². The monoisotopic (exact) mass is 424 g/mol. The Kier molecular flexibility index (Phi) is 7.89. The molecule has 0 unspecified atom stereocenters. The van der Waals surface area contributed by atoms with Crippen molar-refractivity contribution in [2.24, 2.45) is 0 Å². The van der Waals surface area contributed by atoms with Crippen LogP contribution in [0.1, 0.15) is 18.5 Å². The summed E-state index contributed by atoms with van der Waals surface area (Å²) in [4.78, 5) is 29.9. The number of rotatable bonds is 7. The minimum absolute atomic E-state index is 0.0903. The molecule has 0 spiro atoms. The van der Waals surface area contributed by atoms with Crippen LogP contribution in [0.2, 0.25) is 0 Å². The van der Waals surface area contributed by atoms with Crippen molar-refractivity contribution in [3.63, 3.8) is 0 Å². The molecule has 31 heavy (non-hydrogen) atoms. The molecular weight excluding hydrogens is 390 g/mol. The largest absolute Gasteiger partial charge is 0.378 e. The van der Waals surface area contributed by atoms with E-state index < -0.39 is 11.8 Å². The van der Waals surface area contributed by atoms with Crippen LogP contribution in [0, 0.1) is 0 Å². The molecule has 3 N–H and O–H groups in total. The standard InChI is InChI=1S/C24H33N5O2/c1-4-25-23(30)24(31)26-18-22(19-10-12-20(13-11-19)27(2)3)29-16-14-28(15-17-29)21-8-6-5-7-9-21/h5-13,22H,4,14-18H2,1-3H3,(H,25,30)(H,26,31)/p+1/t22-/m1/s1. The van der Waals surface area contributed by atoms with Gasteiger partial charge in [-0.15, -0.1) is 0 Å².